The third kappa shape index (κ3) is 5.97. The van der Waals surface area contributed by atoms with E-state index >= 15 is 0 Å². The van der Waals surface area contributed by atoms with Crippen LogP contribution in [0.2, 0.25) is 10.0 Å². The van der Waals surface area contributed by atoms with E-state index in [1.54, 1.807) is 41.3 Å². The van der Waals surface area contributed by atoms with Gasteiger partial charge in [0.1, 0.15) is 13.2 Å². The monoisotopic (exact) mass is 598 g/mol. The molecule has 2 aliphatic heterocycles. The van der Waals surface area contributed by atoms with Gasteiger partial charge in [-0.05, 0) is 76.4 Å². The second-order valence-corrected chi connectivity index (χ2v) is 10.6. The van der Waals surface area contributed by atoms with Crippen molar-refractivity contribution in [1.82, 2.24) is 9.80 Å². The highest BCUT2D eigenvalue weighted by molar-refractivity contribution is 9.10. The third-order valence-corrected chi connectivity index (χ3v) is 7.65. The van der Waals surface area contributed by atoms with E-state index in [9.17, 15) is 14.4 Å². The number of imide groups is 1. The Kier molecular flexibility index (Phi) is 8.31. The summed E-state index contributed by atoms with van der Waals surface area (Å²) in [7, 11) is 1.51. The molecule has 2 aromatic rings. The summed E-state index contributed by atoms with van der Waals surface area (Å²) in [5, 5.41) is 0.564. The lowest BCUT2D eigenvalue weighted by Gasteiger charge is -2.18. The predicted molar refractivity (Wildman–Crippen MR) is 140 cm³/mol. The number of rotatable bonds is 7. The van der Waals surface area contributed by atoms with Gasteiger partial charge < -0.3 is 14.4 Å². The number of hydrogen-bond donors (Lipinski definition) is 0. The van der Waals surface area contributed by atoms with Crippen LogP contribution in [0.25, 0.3) is 6.08 Å². The first-order valence-electron chi connectivity index (χ1n) is 10.7. The third-order valence-electron chi connectivity index (χ3n) is 5.56. The topological polar surface area (TPSA) is 76.2 Å². The number of thioether (sulfide) groups is 1. The van der Waals surface area contributed by atoms with Gasteiger partial charge in [-0.3, -0.25) is 19.3 Å². The summed E-state index contributed by atoms with van der Waals surface area (Å²) in [6, 6.07) is 8.61. The van der Waals surface area contributed by atoms with Gasteiger partial charge in [0.05, 0.1) is 16.5 Å². The second-order valence-electron chi connectivity index (χ2n) is 7.91. The van der Waals surface area contributed by atoms with Crippen molar-refractivity contribution in [2.24, 2.45) is 0 Å². The molecule has 11 heteroatoms. The first-order valence-corrected chi connectivity index (χ1v) is 13.1. The summed E-state index contributed by atoms with van der Waals surface area (Å²) < 4.78 is 12.0. The quantitative estimate of drug-likeness (QED) is 0.363. The van der Waals surface area contributed by atoms with Crippen LogP contribution < -0.4 is 9.47 Å². The molecule has 3 amide bonds. The first kappa shape index (κ1) is 25.9. The number of ether oxygens (including phenoxy) is 2. The zero-order chi connectivity index (χ0) is 25.1. The molecule has 4 rings (SSSR count). The van der Waals surface area contributed by atoms with Crippen LogP contribution in [-0.4, -0.2) is 53.6 Å². The van der Waals surface area contributed by atoms with Crippen LogP contribution in [0.5, 0.6) is 11.5 Å². The molecule has 0 aliphatic carbocycles. The first-order chi connectivity index (χ1) is 16.8. The van der Waals surface area contributed by atoms with Gasteiger partial charge in [-0.2, -0.15) is 0 Å². The van der Waals surface area contributed by atoms with Gasteiger partial charge in [0.25, 0.3) is 11.1 Å². The molecular formula is C24H21BrCl2N2O5S. The molecule has 0 atom stereocenters. The van der Waals surface area contributed by atoms with Crippen LogP contribution in [0, 0.1) is 0 Å². The van der Waals surface area contributed by atoms with Crippen molar-refractivity contribution in [3.8, 4) is 11.5 Å². The number of amides is 3. The van der Waals surface area contributed by atoms with Gasteiger partial charge in [0, 0.05) is 28.7 Å². The van der Waals surface area contributed by atoms with Crippen molar-refractivity contribution < 1.29 is 23.9 Å². The smallest absolute Gasteiger partial charge is 0.294 e. The van der Waals surface area contributed by atoms with Crippen molar-refractivity contribution in [1.29, 1.82) is 0 Å². The maximum Gasteiger partial charge on any atom is 0.294 e. The van der Waals surface area contributed by atoms with Gasteiger partial charge in [0.2, 0.25) is 5.91 Å². The number of methoxy groups -OCH3 is 1. The largest absolute Gasteiger partial charge is 0.493 e. The summed E-state index contributed by atoms with van der Waals surface area (Å²) in [5.74, 6) is 0.192. The van der Waals surface area contributed by atoms with Gasteiger partial charge >= 0.3 is 0 Å². The van der Waals surface area contributed by atoms with Crippen molar-refractivity contribution in [3.63, 3.8) is 0 Å². The lowest BCUT2D eigenvalue weighted by molar-refractivity contribution is -0.135. The molecule has 0 unspecified atom stereocenters. The second kappa shape index (κ2) is 11.2. The van der Waals surface area contributed by atoms with Gasteiger partial charge in [-0.1, -0.05) is 29.3 Å². The number of carbonyl (C=O) groups is 3. The number of nitrogens with zero attached hydrogens (tertiary/aromatic N) is 2. The van der Waals surface area contributed by atoms with E-state index < -0.39 is 11.1 Å². The molecule has 7 nitrogen and oxygen atoms in total. The zero-order valence-corrected chi connectivity index (χ0v) is 22.6. The SMILES string of the molecule is COc1cc(/C=C2\SC(=O)N(CC(=O)N3CCCC3)C2=O)cc(Br)c1OCc1ccc(Cl)cc1Cl. The number of hydrogen-bond acceptors (Lipinski definition) is 6. The fraction of sp³-hybridized carbons (Fsp3) is 0.292. The van der Waals surface area contributed by atoms with Crippen LogP contribution in [0.1, 0.15) is 24.0 Å². The fourth-order valence-electron chi connectivity index (χ4n) is 3.74. The molecule has 2 fully saturated rings. The molecule has 2 saturated heterocycles. The minimum Gasteiger partial charge on any atom is -0.493 e. The zero-order valence-electron chi connectivity index (χ0n) is 18.7. The Bertz CT molecular complexity index is 1220. The Labute approximate surface area is 225 Å². The molecule has 35 heavy (non-hydrogen) atoms. The average Bonchev–Trinajstić information content (AvgIpc) is 3.44. The molecule has 0 N–H and O–H groups in total. The van der Waals surface area contributed by atoms with Crippen LogP contribution >= 0.6 is 50.9 Å². The van der Waals surface area contributed by atoms with Crippen molar-refractivity contribution in [2.45, 2.75) is 19.4 Å². The number of likely N-dealkylation sites (tertiary alicyclic amines) is 1. The molecule has 2 heterocycles. The van der Waals surface area contributed by atoms with Crippen molar-refractivity contribution in [2.75, 3.05) is 26.7 Å². The Morgan fingerprint density at radius 2 is 1.91 bits per heavy atom. The summed E-state index contributed by atoms with van der Waals surface area (Å²) in [5.41, 5.74) is 1.38. The molecule has 0 radical (unpaired) electrons. The van der Waals surface area contributed by atoms with Crippen LogP contribution in [-0.2, 0) is 16.2 Å². The Balaban J connectivity index is 1.50. The van der Waals surface area contributed by atoms with E-state index in [0.29, 0.717) is 44.7 Å². The van der Waals surface area contributed by atoms with E-state index in [0.717, 1.165) is 35.1 Å². The lowest BCUT2D eigenvalue weighted by atomic mass is 10.1. The van der Waals surface area contributed by atoms with E-state index in [2.05, 4.69) is 15.9 Å². The van der Waals surface area contributed by atoms with Gasteiger partial charge in [-0.25, -0.2) is 0 Å². The van der Waals surface area contributed by atoms with Gasteiger partial charge in [-0.15, -0.1) is 0 Å². The highest BCUT2D eigenvalue weighted by Crippen LogP contribution is 2.40. The molecule has 0 aromatic heterocycles. The maximum atomic E-state index is 12.8. The summed E-state index contributed by atoms with van der Waals surface area (Å²) >= 11 is 16.5. The summed E-state index contributed by atoms with van der Waals surface area (Å²) in [6.45, 7) is 1.28. The highest BCUT2D eigenvalue weighted by atomic mass is 79.9. The maximum absolute atomic E-state index is 12.8. The van der Waals surface area contributed by atoms with E-state index in [1.165, 1.54) is 7.11 Å². The Hall–Kier alpha value is -2.20. The minimum absolute atomic E-state index is 0.189. The van der Waals surface area contributed by atoms with Crippen molar-refractivity contribution in [3.05, 3.63) is 60.9 Å². The van der Waals surface area contributed by atoms with Gasteiger partial charge in [0.15, 0.2) is 11.5 Å². The molecule has 0 saturated carbocycles. The number of carbonyl (C=O) groups excluding carboxylic acids is 3. The standard InChI is InChI=1S/C24H21BrCl2N2O5S/c1-33-19-9-14(8-17(25)22(19)34-13-15-4-5-16(26)11-18(15)27)10-20-23(31)29(24(32)35-20)12-21(30)28-6-2-3-7-28/h4-5,8-11H,2-3,6-7,12-13H2,1H3/b20-10-. The molecule has 0 spiro atoms. The molecule has 2 aromatic carbocycles. The predicted octanol–water partition coefficient (Wildman–Crippen LogP) is 6.00. The molecular weight excluding hydrogens is 579 g/mol. The summed E-state index contributed by atoms with van der Waals surface area (Å²) in [6.07, 6.45) is 3.48. The lowest BCUT2D eigenvalue weighted by Crippen LogP contribution is -2.40. The molecule has 2 aliphatic rings. The number of halogens is 3. The minimum atomic E-state index is -0.486. The Morgan fingerprint density at radius 1 is 1.17 bits per heavy atom. The molecule has 0 bridgehead atoms. The van der Waals surface area contributed by atoms with E-state index in [1.807, 2.05) is 0 Å². The van der Waals surface area contributed by atoms with Crippen molar-refractivity contribution >= 4 is 74.0 Å². The highest BCUT2D eigenvalue weighted by Gasteiger charge is 2.37. The Morgan fingerprint density at radius 3 is 2.60 bits per heavy atom. The van der Waals surface area contributed by atoms with Crippen LogP contribution in [0.15, 0.2) is 39.7 Å². The average molecular weight is 600 g/mol. The molecule has 184 valence electrons. The van der Waals surface area contributed by atoms with Crippen LogP contribution in [0.4, 0.5) is 4.79 Å². The van der Waals surface area contributed by atoms with Crippen LogP contribution in [0.3, 0.4) is 0 Å². The van der Waals surface area contributed by atoms with E-state index in [4.69, 9.17) is 32.7 Å². The summed E-state index contributed by atoms with van der Waals surface area (Å²) in [4.78, 5) is 40.6. The fourth-order valence-corrected chi connectivity index (χ4v) is 5.62. The number of benzene rings is 2. The normalized spacial score (nSPS) is 17.0. The van der Waals surface area contributed by atoms with E-state index in [-0.39, 0.29) is 24.0 Å².